The maximum atomic E-state index is 12.4. The van der Waals surface area contributed by atoms with Crippen molar-refractivity contribution in [3.63, 3.8) is 0 Å². The number of hydrogen-bond acceptors (Lipinski definition) is 3. The Morgan fingerprint density at radius 2 is 2.04 bits per heavy atom. The van der Waals surface area contributed by atoms with Gasteiger partial charge in [0.15, 0.2) is 0 Å². The van der Waals surface area contributed by atoms with Crippen LogP contribution in [-0.2, 0) is 11.8 Å². The number of aliphatic carboxylic acids is 1. The molecule has 0 spiro atoms. The Hall–Kier alpha value is -2.54. The van der Waals surface area contributed by atoms with E-state index >= 15 is 0 Å². The molecule has 1 heterocycles. The lowest BCUT2D eigenvalue weighted by Crippen LogP contribution is -2.41. The number of nitrogens with zero attached hydrogens (tertiary/aromatic N) is 3. The first-order valence-electron chi connectivity index (χ1n) is 7.34. The lowest BCUT2D eigenvalue weighted by Gasteiger charge is -2.23. The average molecular weight is 351 g/mol. The molecule has 0 aliphatic heterocycles. The number of nitrogens with one attached hydrogen (secondary N) is 1. The van der Waals surface area contributed by atoms with Crippen molar-refractivity contribution in [3.05, 3.63) is 53.1 Å². The predicted molar refractivity (Wildman–Crippen MR) is 89.9 cm³/mol. The SMILES string of the molecule is CN(CCC(=O)O)C(=O)NC(c1ccc(Cl)cc1)c1nccn1C. The van der Waals surface area contributed by atoms with Crippen LogP contribution in [0.15, 0.2) is 36.7 Å². The monoisotopic (exact) mass is 350 g/mol. The number of aromatic nitrogens is 2. The van der Waals surface area contributed by atoms with E-state index in [1.54, 1.807) is 31.6 Å². The van der Waals surface area contributed by atoms with E-state index < -0.39 is 12.0 Å². The number of carbonyl (C=O) groups excluding carboxylic acids is 1. The van der Waals surface area contributed by atoms with E-state index in [1.807, 2.05) is 23.7 Å². The number of imidazole rings is 1. The molecule has 0 aliphatic carbocycles. The van der Waals surface area contributed by atoms with Gasteiger partial charge in [-0.2, -0.15) is 0 Å². The van der Waals surface area contributed by atoms with E-state index in [-0.39, 0.29) is 19.0 Å². The molecular formula is C16H19ClN4O3. The normalized spacial score (nSPS) is 11.8. The molecule has 2 rings (SSSR count). The third-order valence-electron chi connectivity index (χ3n) is 3.60. The first-order chi connectivity index (χ1) is 11.4. The van der Waals surface area contributed by atoms with Gasteiger partial charge in [-0.1, -0.05) is 23.7 Å². The number of hydrogen-bond donors (Lipinski definition) is 2. The summed E-state index contributed by atoms with van der Waals surface area (Å²) in [5.74, 6) is -0.287. The highest BCUT2D eigenvalue weighted by Crippen LogP contribution is 2.22. The van der Waals surface area contributed by atoms with Crippen molar-refractivity contribution >= 4 is 23.6 Å². The smallest absolute Gasteiger partial charge is 0.318 e. The molecule has 0 bridgehead atoms. The van der Waals surface area contributed by atoms with E-state index in [2.05, 4.69) is 10.3 Å². The number of carboxylic acid groups (broad SMARTS) is 1. The minimum atomic E-state index is -0.951. The number of rotatable bonds is 6. The Morgan fingerprint density at radius 3 is 2.58 bits per heavy atom. The molecule has 0 radical (unpaired) electrons. The standard InChI is InChI=1S/C16H19ClN4O3/c1-20-10-8-18-15(20)14(11-3-5-12(17)6-4-11)19-16(24)21(2)9-7-13(22)23/h3-6,8,10,14H,7,9H2,1-2H3,(H,19,24)(H,22,23). The van der Waals surface area contributed by atoms with Gasteiger partial charge in [0, 0.05) is 38.1 Å². The van der Waals surface area contributed by atoms with Gasteiger partial charge in [-0.15, -0.1) is 0 Å². The predicted octanol–water partition coefficient (Wildman–Crippen LogP) is 2.28. The zero-order valence-corrected chi connectivity index (χ0v) is 14.2. The van der Waals surface area contributed by atoms with E-state index in [0.717, 1.165) is 5.56 Å². The van der Waals surface area contributed by atoms with Crippen LogP contribution in [-0.4, -0.2) is 45.2 Å². The number of urea groups is 1. The molecule has 0 aliphatic rings. The third-order valence-corrected chi connectivity index (χ3v) is 3.85. The summed E-state index contributed by atoms with van der Waals surface area (Å²) in [6, 6.07) is 6.28. The van der Waals surface area contributed by atoms with Gasteiger partial charge in [0.2, 0.25) is 0 Å². The van der Waals surface area contributed by atoms with Crippen molar-refractivity contribution in [2.75, 3.05) is 13.6 Å². The Morgan fingerprint density at radius 1 is 1.38 bits per heavy atom. The first kappa shape index (κ1) is 17.8. The second-order valence-electron chi connectivity index (χ2n) is 5.40. The van der Waals surface area contributed by atoms with Crippen molar-refractivity contribution < 1.29 is 14.7 Å². The molecule has 1 unspecified atom stereocenters. The number of carbonyl (C=O) groups is 2. The molecule has 2 aromatic rings. The third kappa shape index (κ3) is 4.48. The Balaban J connectivity index is 2.21. The van der Waals surface area contributed by atoms with Crippen molar-refractivity contribution in [2.45, 2.75) is 12.5 Å². The number of aryl methyl sites for hydroxylation is 1. The highest BCUT2D eigenvalue weighted by atomic mass is 35.5. The summed E-state index contributed by atoms with van der Waals surface area (Å²) >= 11 is 5.93. The highest BCUT2D eigenvalue weighted by Gasteiger charge is 2.22. The molecule has 0 saturated heterocycles. The van der Waals surface area contributed by atoms with Crippen LogP contribution in [0.3, 0.4) is 0 Å². The van der Waals surface area contributed by atoms with Crippen molar-refractivity contribution in [3.8, 4) is 0 Å². The minimum absolute atomic E-state index is 0.113. The van der Waals surface area contributed by atoms with E-state index in [9.17, 15) is 9.59 Å². The van der Waals surface area contributed by atoms with Gasteiger partial charge >= 0.3 is 12.0 Å². The van der Waals surface area contributed by atoms with Crippen molar-refractivity contribution in [1.82, 2.24) is 19.8 Å². The van der Waals surface area contributed by atoms with Gasteiger partial charge in [0.25, 0.3) is 0 Å². The topological polar surface area (TPSA) is 87.5 Å². The van der Waals surface area contributed by atoms with E-state index in [1.165, 1.54) is 4.90 Å². The summed E-state index contributed by atoms with van der Waals surface area (Å²) in [7, 11) is 3.39. The number of carboxylic acids is 1. The summed E-state index contributed by atoms with van der Waals surface area (Å²) in [6.07, 6.45) is 3.33. The second kappa shape index (κ2) is 7.83. The van der Waals surface area contributed by atoms with Gasteiger partial charge < -0.3 is 19.9 Å². The fourth-order valence-electron chi connectivity index (χ4n) is 2.21. The van der Waals surface area contributed by atoms with Gasteiger partial charge in [-0.25, -0.2) is 9.78 Å². The van der Waals surface area contributed by atoms with E-state index in [4.69, 9.17) is 16.7 Å². The average Bonchev–Trinajstić information content (AvgIpc) is 2.96. The lowest BCUT2D eigenvalue weighted by atomic mass is 10.1. The maximum absolute atomic E-state index is 12.4. The zero-order valence-electron chi connectivity index (χ0n) is 13.4. The summed E-state index contributed by atoms with van der Waals surface area (Å²) in [6.45, 7) is 0.120. The van der Waals surface area contributed by atoms with Crippen LogP contribution < -0.4 is 5.32 Å². The lowest BCUT2D eigenvalue weighted by molar-refractivity contribution is -0.137. The first-order valence-corrected chi connectivity index (χ1v) is 7.72. The molecule has 1 aromatic heterocycles. The zero-order chi connectivity index (χ0) is 17.7. The molecule has 1 atom stereocenters. The summed E-state index contributed by atoms with van der Waals surface area (Å²) in [5, 5.41) is 12.2. The number of benzene rings is 1. The molecule has 7 nitrogen and oxygen atoms in total. The quantitative estimate of drug-likeness (QED) is 0.836. The van der Waals surface area contributed by atoms with Crippen LogP contribution in [0.2, 0.25) is 5.02 Å². The van der Waals surface area contributed by atoms with Crippen LogP contribution in [0.4, 0.5) is 4.79 Å². The summed E-state index contributed by atoms with van der Waals surface area (Å²) < 4.78 is 1.82. The minimum Gasteiger partial charge on any atom is -0.481 e. The highest BCUT2D eigenvalue weighted by molar-refractivity contribution is 6.30. The number of amides is 2. The molecule has 0 fully saturated rings. The summed E-state index contributed by atoms with van der Waals surface area (Å²) in [4.78, 5) is 28.7. The fourth-order valence-corrected chi connectivity index (χ4v) is 2.33. The number of halogens is 1. The van der Waals surface area contributed by atoms with Crippen LogP contribution in [0.5, 0.6) is 0 Å². The maximum Gasteiger partial charge on any atom is 0.318 e. The van der Waals surface area contributed by atoms with Crippen molar-refractivity contribution in [2.24, 2.45) is 7.05 Å². The van der Waals surface area contributed by atoms with Gasteiger partial charge in [0.05, 0.1) is 6.42 Å². The molecule has 1 aromatic carbocycles. The van der Waals surface area contributed by atoms with E-state index in [0.29, 0.717) is 10.8 Å². The Labute approximate surface area is 144 Å². The second-order valence-corrected chi connectivity index (χ2v) is 5.83. The van der Waals surface area contributed by atoms with Gasteiger partial charge in [-0.05, 0) is 17.7 Å². The fraction of sp³-hybridized carbons (Fsp3) is 0.312. The molecule has 24 heavy (non-hydrogen) atoms. The Bertz CT molecular complexity index is 714. The molecule has 2 N–H and O–H groups in total. The largest absolute Gasteiger partial charge is 0.481 e. The molecule has 2 amide bonds. The van der Waals surface area contributed by atoms with Crippen LogP contribution in [0.1, 0.15) is 23.9 Å². The Kier molecular flexibility index (Phi) is 5.81. The molecule has 128 valence electrons. The summed E-state index contributed by atoms with van der Waals surface area (Å²) in [5.41, 5.74) is 0.827. The van der Waals surface area contributed by atoms with Crippen molar-refractivity contribution in [1.29, 1.82) is 0 Å². The van der Waals surface area contributed by atoms with Crippen LogP contribution in [0, 0.1) is 0 Å². The van der Waals surface area contributed by atoms with Crippen LogP contribution in [0.25, 0.3) is 0 Å². The van der Waals surface area contributed by atoms with Crippen LogP contribution >= 0.6 is 11.6 Å². The molecular weight excluding hydrogens is 332 g/mol. The van der Waals surface area contributed by atoms with Gasteiger partial charge in [0.1, 0.15) is 11.9 Å². The molecule has 8 heteroatoms. The van der Waals surface area contributed by atoms with Gasteiger partial charge in [-0.3, -0.25) is 4.79 Å². The molecule has 0 saturated carbocycles.